The lowest BCUT2D eigenvalue weighted by molar-refractivity contribution is -0.146. The molecule has 0 fully saturated rings. The number of carbonyl (C=O) groups excluding carboxylic acids is 1. The molecule has 1 atom stereocenters. The van der Waals surface area contributed by atoms with E-state index in [1.807, 2.05) is 0 Å². The molecule has 0 saturated carbocycles. The van der Waals surface area contributed by atoms with Crippen LogP contribution in [0, 0.1) is 0 Å². The van der Waals surface area contributed by atoms with Gasteiger partial charge in [-0.05, 0) is 6.92 Å². The van der Waals surface area contributed by atoms with Crippen molar-refractivity contribution in [3.8, 4) is 0 Å². The fourth-order valence-corrected chi connectivity index (χ4v) is 0.925. The number of aryl methyl sites for hydroxylation is 1. The Bertz CT molecular complexity index is 270. The molecule has 0 aliphatic rings. The molecular formula is C9H14N2O3. The second-order valence-electron chi connectivity index (χ2n) is 3.08. The molecule has 5 nitrogen and oxygen atoms in total. The van der Waals surface area contributed by atoms with Crippen molar-refractivity contribution < 1.29 is 14.6 Å². The molecule has 1 rings (SSSR count). The van der Waals surface area contributed by atoms with Crippen molar-refractivity contribution in [1.82, 2.24) is 9.55 Å². The fraction of sp³-hybridized carbons (Fsp3) is 0.556. The van der Waals surface area contributed by atoms with Gasteiger partial charge in [-0.15, -0.1) is 0 Å². The van der Waals surface area contributed by atoms with Gasteiger partial charge in [0, 0.05) is 18.9 Å². The van der Waals surface area contributed by atoms with Crippen LogP contribution < -0.4 is 0 Å². The van der Waals surface area contributed by atoms with Gasteiger partial charge in [0.05, 0.1) is 18.9 Å². The quantitative estimate of drug-likeness (QED) is 0.686. The van der Waals surface area contributed by atoms with Crippen LogP contribution in [-0.2, 0) is 16.1 Å². The summed E-state index contributed by atoms with van der Waals surface area (Å²) in [7, 11) is 0. The van der Waals surface area contributed by atoms with Crippen LogP contribution in [0.5, 0.6) is 0 Å². The molecule has 0 saturated heterocycles. The maximum atomic E-state index is 11.1. The lowest BCUT2D eigenvalue weighted by atomic mass is 10.4. The molecule has 14 heavy (non-hydrogen) atoms. The van der Waals surface area contributed by atoms with Crippen molar-refractivity contribution in [2.24, 2.45) is 0 Å². The normalized spacial score (nSPS) is 12.4. The van der Waals surface area contributed by atoms with E-state index in [9.17, 15) is 4.79 Å². The minimum absolute atomic E-state index is 0.0583. The van der Waals surface area contributed by atoms with Crippen molar-refractivity contribution in [3.63, 3.8) is 0 Å². The third-order valence-electron chi connectivity index (χ3n) is 1.62. The maximum Gasteiger partial charge on any atom is 0.307 e. The number of nitrogens with zero attached hydrogens (tertiary/aromatic N) is 2. The summed E-state index contributed by atoms with van der Waals surface area (Å²) in [5.74, 6) is -0.306. The minimum Gasteiger partial charge on any atom is -0.463 e. The third kappa shape index (κ3) is 4.04. The van der Waals surface area contributed by atoms with E-state index in [0.717, 1.165) is 0 Å². The first-order chi connectivity index (χ1) is 6.68. The van der Waals surface area contributed by atoms with Gasteiger partial charge in [0.1, 0.15) is 6.61 Å². The highest BCUT2D eigenvalue weighted by atomic mass is 16.5. The van der Waals surface area contributed by atoms with Gasteiger partial charge < -0.3 is 14.4 Å². The molecule has 78 valence electrons. The van der Waals surface area contributed by atoms with E-state index in [1.165, 1.54) is 0 Å². The average Bonchev–Trinajstić information content (AvgIpc) is 2.63. The molecule has 0 spiro atoms. The van der Waals surface area contributed by atoms with E-state index in [-0.39, 0.29) is 12.6 Å². The topological polar surface area (TPSA) is 64.3 Å². The van der Waals surface area contributed by atoms with Gasteiger partial charge in [-0.2, -0.15) is 0 Å². The van der Waals surface area contributed by atoms with Crippen molar-refractivity contribution in [3.05, 3.63) is 18.7 Å². The van der Waals surface area contributed by atoms with Crippen molar-refractivity contribution in [2.75, 3.05) is 6.61 Å². The van der Waals surface area contributed by atoms with Crippen molar-refractivity contribution >= 4 is 5.97 Å². The molecule has 1 N–H and O–H groups in total. The molecule has 5 heteroatoms. The first-order valence-corrected chi connectivity index (χ1v) is 4.48. The van der Waals surface area contributed by atoms with Crippen LogP contribution in [0.15, 0.2) is 18.7 Å². The number of aliphatic hydroxyl groups is 1. The number of carbonyl (C=O) groups is 1. The summed E-state index contributed by atoms with van der Waals surface area (Å²) in [5, 5.41) is 8.86. The van der Waals surface area contributed by atoms with Crippen LogP contribution in [0.3, 0.4) is 0 Å². The number of aromatic nitrogens is 2. The van der Waals surface area contributed by atoms with E-state index < -0.39 is 6.10 Å². The Morgan fingerprint density at radius 3 is 3.07 bits per heavy atom. The van der Waals surface area contributed by atoms with E-state index in [4.69, 9.17) is 9.84 Å². The third-order valence-corrected chi connectivity index (χ3v) is 1.62. The monoisotopic (exact) mass is 198 g/mol. The zero-order chi connectivity index (χ0) is 10.4. The lowest BCUT2D eigenvalue weighted by Gasteiger charge is -2.06. The van der Waals surface area contributed by atoms with Gasteiger partial charge in [0.15, 0.2) is 0 Å². The van der Waals surface area contributed by atoms with Gasteiger partial charge in [-0.3, -0.25) is 4.79 Å². The van der Waals surface area contributed by atoms with Gasteiger partial charge in [0.25, 0.3) is 0 Å². The van der Waals surface area contributed by atoms with Gasteiger partial charge >= 0.3 is 5.97 Å². The molecule has 0 bridgehead atoms. The number of ether oxygens (including phenoxy) is 1. The van der Waals surface area contributed by atoms with Gasteiger partial charge in [-0.1, -0.05) is 0 Å². The SMILES string of the molecule is CC(O)COC(=O)CCn1ccnc1. The first kappa shape index (κ1) is 10.7. The second-order valence-corrected chi connectivity index (χ2v) is 3.08. The second kappa shape index (κ2) is 5.39. The van der Waals surface area contributed by atoms with Gasteiger partial charge in [-0.25, -0.2) is 4.98 Å². The van der Waals surface area contributed by atoms with Crippen LogP contribution in [0.25, 0.3) is 0 Å². The predicted octanol–water partition coefficient (Wildman–Crippen LogP) is 0.197. The Labute approximate surface area is 82.3 Å². The Morgan fingerprint density at radius 1 is 1.71 bits per heavy atom. The zero-order valence-corrected chi connectivity index (χ0v) is 8.09. The Kier molecular flexibility index (Phi) is 4.12. The summed E-state index contributed by atoms with van der Waals surface area (Å²) in [6, 6.07) is 0. The summed E-state index contributed by atoms with van der Waals surface area (Å²) in [4.78, 5) is 14.9. The summed E-state index contributed by atoms with van der Waals surface area (Å²) < 4.78 is 6.57. The number of hydrogen-bond acceptors (Lipinski definition) is 4. The molecule has 0 aliphatic carbocycles. The van der Waals surface area contributed by atoms with Crippen LogP contribution in [0.2, 0.25) is 0 Å². The summed E-state index contributed by atoms with van der Waals surface area (Å²) in [6.07, 6.45) is 4.76. The summed E-state index contributed by atoms with van der Waals surface area (Å²) in [5.41, 5.74) is 0. The summed E-state index contributed by atoms with van der Waals surface area (Å²) in [6.45, 7) is 2.19. The smallest absolute Gasteiger partial charge is 0.307 e. The van der Waals surface area contributed by atoms with E-state index >= 15 is 0 Å². The van der Waals surface area contributed by atoms with Crippen molar-refractivity contribution in [2.45, 2.75) is 26.0 Å². The van der Waals surface area contributed by atoms with Crippen LogP contribution >= 0.6 is 0 Å². The number of esters is 1. The van der Waals surface area contributed by atoms with E-state index in [0.29, 0.717) is 13.0 Å². The Hall–Kier alpha value is -1.36. The minimum atomic E-state index is -0.604. The molecule has 1 aromatic rings. The maximum absolute atomic E-state index is 11.1. The molecule has 1 unspecified atom stereocenters. The standard InChI is InChI=1S/C9H14N2O3/c1-8(12)6-14-9(13)2-4-11-5-3-10-7-11/h3,5,7-8,12H,2,4,6H2,1H3. The first-order valence-electron chi connectivity index (χ1n) is 4.48. The van der Waals surface area contributed by atoms with E-state index in [2.05, 4.69) is 4.98 Å². The van der Waals surface area contributed by atoms with Crippen LogP contribution in [-0.4, -0.2) is 33.3 Å². The van der Waals surface area contributed by atoms with E-state index in [1.54, 1.807) is 30.2 Å². The Balaban J connectivity index is 2.15. The van der Waals surface area contributed by atoms with Crippen molar-refractivity contribution in [1.29, 1.82) is 0 Å². The molecule has 0 amide bonds. The highest BCUT2D eigenvalue weighted by molar-refractivity contribution is 5.69. The number of hydrogen-bond donors (Lipinski definition) is 1. The zero-order valence-electron chi connectivity index (χ0n) is 8.09. The van der Waals surface area contributed by atoms with Crippen LogP contribution in [0.4, 0.5) is 0 Å². The predicted molar refractivity (Wildman–Crippen MR) is 49.5 cm³/mol. The fourth-order valence-electron chi connectivity index (χ4n) is 0.925. The molecule has 1 aromatic heterocycles. The summed E-state index contributed by atoms with van der Waals surface area (Å²) >= 11 is 0. The highest BCUT2D eigenvalue weighted by Gasteiger charge is 2.04. The molecule has 0 aromatic carbocycles. The van der Waals surface area contributed by atoms with Crippen LogP contribution in [0.1, 0.15) is 13.3 Å². The number of aliphatic hydroxyl groups excluding tert-OH is 1. The molecule has 1 heterocycles. The number of rotatable bonds is 5. The number of imidazole rings is 1. The molecule has 0 radical (unpaired) electrons. The molecular weight excluding hydrogens is 184 g/mol. The molecule has 0 aliphatic heterocycles. The lowest BCUT2D eigenvalue weighted by Crippen LogP contribution is -2.16. The Morgan fingerprint density at radius 2 is 2.50 bits per heavy atom. The van der Waals surface area contributed by atoms with Gasteiger partial charge in [0.2, 0.25) is 0 Å². The largest absolute Gasteiger partial charge is 0.463 e. The highest BCUT2D eigenvalue weighted by Crippen LogP contribution is 1.94. The average molecular weight is 198 g/mol.